The van der Waals surface area contributed by atoms with Crippen LogP contribution in [-0.4, -0.2) is 0 Å². The van der Waals surface area contributed by atoms with Gasteiger partial charge in [-0.3, -0.25) is 0 Å². The van der Waals surface area contributed by atoms with Gasteiger partial charge in [0.2, 0.25) is 0 Å². The number of hydrogen-bond donors (Lipinski definition) is 0. The van der Waals surface area contributed by atoms with Crippen molar-refractivity contribution in [3.63, 3.8) is 0 Å². The van der Waals surface area contributed by atoms with Crippen LogP contribution in [0.15, 0.2) is 23.3 Å². The Kier molecular flexibility index (Phi) is 2.46. The van der Waals surface area contributed by atoms with E-state index in [9.17, 15) is 0 Å². The van der Waals surface area contributed by atoms with Crippen LogP contribution in [0.5, 0.6) is 0 Å². The Balaban J connectivity index is 2.92. The zero-order chi connectivity index (χ0) is 9.35. The molecule has 1 unspecified atom stereocenters. The van der Waals surface area contributed by atoms with Crippen LogP contribution < -0.4 is 0 Å². The van der Waals surface area contributed by atoms with E-state index in [0.717, 1.165) is 5.92 Å². The average Bonchev–Trinajstić information content (AvgIpc) is 1.82. The van der Waals surface area contributed by atoms with Crippen molar-refractivity contribution in [2.24, 2.45) is 11.3 Å². The summed E-state index contributed by atoms with van der Waals surface area (Å²) in [5.41, 5.74) is 3.34. The quantitative estimate of drug-likeness (QED) is 0.550. The second-order valence-electron chi connectivity index (χ2n) is 4.72. The normalized spacial score (nSPS) is 30.2. The van der Waals surface area contributed by atoms with Crippen LogP contribution in [0, 0.1) is 11.3 Å². The summed E-state index contributed by atoms with van der Waals surface area (Å²) in [5.74, 6) is 0.732. The van der Waals surface area contributed by atoms with Gasteiger partial charge in [-0.05, 0) is 31.6 Å². The highest BCUT2D eigenvalue weighted by Gasteiger charge is 2.27. The molecule has 0 N–H and O–H groups in total. The molecule has 68 valence electrons. The first-order chi connectivity index (χ1) is 5.44. The van der Waals surface area contributed by atoms with Gasteiger partial charge >= 0.3 is 0 Å². The number of hydrogen-bond acceptors (Lipinski definition) is 0. The lowest BCUT2D eigenvalue weighted by molar-refractivity contribution is 0.290. The lowest BCUT2D eigenvalue weighted by Crippen LogP contribution is -2.23. The standard InChI is InChI=1S/C12H20/c1-9(2)12(5)7-10(3)6-11(4)8-12/h6-7,9H,8H2,1-5H3. The minimum Gasteiger partial charge on any atom is -0.0751 e. The minimum atomic E-state index is 0.392. The predicted molar refractivity (Wildman–Crippen MR) is 55.1 cm³/mol. The Labute approximate surface area is 76.4 Å². The van der Waals surface area contributed by atoms with Crippen molar-refractivity contribution in [3.8, 4) is 0 Å². The van der Waals surface area contributed by atoms with E-state index in [1.807, 2.05) is 0 Å². The summed E-state index contributed by atoms with van der Waals surface area (Å²) in [6.45, 7) is 11.4. The molecule has 1 atom stereocenters. The number of allylic oxidation sites excluding steroid dienone is 4. The summed E-state index contributed by atoms with van der Waals surface area (Å²) in [6, 6.07) is 0. The van der Waals surface area contributed by atoms with E-state index in [1.165, 1.54) is 17.6 Å². The smallest absolute Gasteiger partial charge is 0.00807 e. The molecule has 0 nitrogen and oxygen atoms in total. The lowest BCUT2D eigenvalue weighted by Gasteiger charge is -2.34. The Morgan fingerprint density at radius 1 is 1.33 bits per heavy atom. The molecule has 0 heterocycles. The third-order valence-corrected chi connectivity index (χ3v) is 3.01. The van der Waals surface area contributed by atoms with Crippen molar-refractivity contribution in [2.75, 3.05) is 0 Å². The summed E-state index contributed by atoms with van der Waals surface area (Å²) in [6.07, 6.45) is 5.94. The van der Waals surface area contributed by atoms with Gasteiger partial charge in [-0.15, -0.1) is 0 Å². The van der Waals surface area contributed by atoms with Crippen LogP contribution in [0.25, 0.3) is 0 Å². The molecular formula is C12H20. The first-order valence-electron chi connectivity index (χ1n) is 4.81. The van der Waals surface area contributed by atoms with Gasteiger partial charge in [-0.1, -0.05) is 44.1 Å². The Morgan fingerprint density at radius 3 is 2.33 bits per heavy atom. The van der Waals surface area contributed by atoms with Crippen LogP contribution in [0.3, 0.4) is 0 Å². The van der Waals surface area contributed by atoms with E-state index in [0.29, 0.717) is 5.41 Å². The first kappa shape index (κ1) is 9.57. The van der Waals surface area contributed by atoms with E-state index >= 15 is 0 Å². The summed E-state index contributed by atoms with van der Waals surface area (Å²) in [4.78, 5) is 0. The van der Waals surface area contributed by atoms with Crippen molar-refractivity contribution in [1.82, 2.24) is 0 Å². The topological polar surface area (TPSA) is 0 Å². The Hall–Kier alpha value is -0.520. The lowest BCUT2D eigenvalue weighted by atomic mass is 9.71. The largest absolute Gasteiger partial charge is 0.0751 e. The molecule has 0 radical (unpaired) electrons. The van der Waals surface area contributed by atoms with Gasteiger partial charge in [0.15, 0.2) is 0 Å². The van der Waals surface area contributed by atoms with Crippen molar-refractivity contribution >= 4 is 0 Å². The fourth-order valence-corrected chi connectivity index (χ4v) is 2.02. The summed E-state index contributed by atoms with van der Waals surface area (Å²) in [7, 11) is 0. The minimum absolute atomic E-state index is 0.392. The van der Waals surface area contributed by atoms with Crippen molar-refractivity contribution in [2.45, 2.75) is 41.0 Å². The molecule has 0 spiro atoms. The van der Waals surface area contributed by atoms with Gasteiger partial charge in [-0.2, -0.15) is 0 Å². The molecule has 0 saturated heterocycles. The monoisotopic (exact) mass is 164 g/mol. The maximum absolute atomic E-state index is 2.42. The Morgan fingerprint density at radius 2 is 1.92 bits per heavy atom. The maximum atomic E-state index is 2.42. The molecule has 0 heteroatoms. The van der Waals surface area contributed by atoms with Crippen LogP contribution in [0.1, 0.15) is 41.0 Å². The average molecular weight is 164 g/mol. The second kappa shape index (κ2) is 3.08. The van der Waals surface area contributed by atoms with E-state index in [4.69, 9.17) is 0 Å². The van der Waals surface area contributed by atoms with E-state index in [-0.39, 0.29) is 0 Å². The predicted octanol–water partition coefficient (Wildman–Crippen LogP) is 3.95. The molecule has 0 amide bonds. The molecule has 0 aromatic rings. The molecule has 12 heavy (non-hydrogen) atoms. The van der Waals surface area contributed by atoms with E-state index < -0.39 is 0 Å². The fourth-order valence-electron chi connectivity index (χ4n) is 2.02. The highest BCUT2D eigenvalue weighted by molar-refractivity contribution is 5.29. The summed E-state index contributed by atoms with van der Waals surface area (Å²) >= 11 is 0. The molecule has 0 aromatic carbocycles. The fraction of sp³-hybridized carbons (Fsp3) is 0.667. The van der Waals surface area contributed by atoms with Gasteiger partial charge in [0.05, 0.1) is 0 Å². The van der Waals surface area contributed by atoms with E-state index in [2.05, 4.69) is 46.8 Å². The molecule has 0 fully saturated rings. The van der Waals surface area contributed by atoms with Crippen LogP contribution in [-0.2, 0) is 0 Å². The third-order valence-electron chi connectivity index (χ3n) is 3.01. The zero-order valence-electron chi connectivity index (χ0n) is 8.94. The zero-order valence-corrected chi connectivity index (χ0v) is 8.94. The van der Waals surface area contributed by atoms with Crippen molar-refractivity contribution in [3.05, 3.63) is 23.3 Å². The van der Waals surface area contributed by atoms with Gasteiger partial charge in [0.1, 0.15) is 0 Å². The highest BCUT2D eigenvalue weighted by Crippen LogP contribution is 2.39. The molecule has 0 bridgehead atoms. The maximum Gasteiger partial charge on any atom is -0.00807 e. The molecule has 1 rings (SSSR count). The Bertz CT molecular complexity index is 230. The molecule has 1 aliphatic carbocycles. The van der Waals surface area contributed by atoms with Crippen LogP contribution >= 0.6 is 0 Å². The number of rotatable bonds is 1. The van der Waals surface area contributed by atoms with Crippen molar-refractivity contribution in [1.29, 1.82) is 0 Å². The van der Waals surface area contributed by atoms with Gasteiger partial charge < -0.3 is 0 Å². The highest BCUT2D eigenvalue weighted by atomic mass is 14.3. The molecule has 0 aromatic heterocycles. The van der Waals surface area contributed by atoms with Gasteiger partial charge in [0, 0.05) is 0 Å². The van der Waals surface area contributed by atoms with Crippen LogP contribution in [0.2, 0.25) is 0 Å². The summed E-state index contributed by atoms with van der Waals surface area (Å²) in [5, 5.41) is 0. The molecule has 0 aliphatic heterocycles. The first-order valence-corrected chi connectivity index (χ1v) is 4.81. The SMILES string of the molecule is CC1=CC(C)(C(C)C)CC(C)=C1. The van der Waals surface area contributed by atoms with Crippen molar-refractivity contribution < 1.29 is 0 Å². The third kappa shape index (κ3) is 1.80. The molecule has 0 saturated carbocycles. The van der Waals surface area contributed by atoms with E-state index in [1.54, 1.807) is 0 Å². The van der Waals surface area contributed by atoms with Gasteiger partial charge in [-0.25, -0.2) is 0 Å². The molecule has 1 aliphatic rings. The summed E-state index contributed by atoms with van der Waals surface area (Å²) < 4.78 is 0. The van der Waals surface area contributed by atoms with Gasteiger partial charge in [0.25, 0.3) is 0 Å². The van der Waals surface area contributed by atoms with Crippen LogP contribution in [0.4, 0.5) is 0 Å². The second-order valence-corrected chi connectivity index (χ2v) is 4.72. The molecular weight excluding hydrogens is 144 g/mol.